The van der Waals surface area contributed by atoms with Crippen molar-refractivity contribution in [2.24, 2.45) is 0 Å². The van der Waals surface area contributed by atoms with Gasteiger partial charge >= 0.3 is 6.03 Å². The van der Waals surface area contributed by atoms with E-state index in [0.29, 0.717) is 13.1 Å². The van der Waals surface area contributed by atoms with Crippen LogP contribution in [0.2, 0.25) is 0 Å². The third-order valence-corrected chi connectivity index (χ3v) is 4.32. The lowest BCUT2D eigenvalue weighted by molar-refractivity contribution is 0.240. The van der Waals surface area contributed by atoms with Gasteiger partial charge in [-0.15, -0.1) is 0 Å². The Kier molecular flexibility index (Phi) is 6.86. The number of urea groups is 1. The zero-order chi connectivity index (χ0) is 18.2. The lowest BCUT2D eigenvalue weighted by atomic mass is 10.2. The van der Waals surface area contributed by atoms with Crippen LogP contribution in [-0.4, -0.2) is 42.0 Å². The van der Waals surface area contributed by atoms with Crippen LogP contribution in [0.5, 0.6) is 0 Å². The lowest BCUT2D eigenvalue weighted by Gasteiger charge is -2.27. The van der Waals surface area contributed by atoms with Gasteiger partial charge in [-0.3, -0.25) is 4.68 Å². The molecule has 6 nitrogen and oxygen atoms in total. The number of hydrogen-bond acceptors (Lipinski definition) is 3. The molecule has 0 saturated heterocycles. The number of benzene rings is 1. The maximum absolute atomic E-state index is 11.9. The summed E-state index contributed by atoms with van der Waals surface area (Å²) >= 11 is 0. The van der Waals surface area contributed by atoms with Gasteiger partial charge in [0.15, 0.2) is 0 Å². The minimum absolute atomic E-state index is 0.123. The zero-order valence-electron chi connectivity index (χ0n) is 15.6. The number of para-hydroxylation sites is 1. The molecule has 2 aromatic rings. The highest BCUT2D eigenvalue weighted by atomic mass is 16.2. The molecule has 0 aliphatic heterocycles. The Hall–Kier alpha value is -2.50. The molecule has 0 bridgehead atoms. The van der Waals surface area contributed by atoms with E-state index in [2.05, 4.69) is 45.8 Å². The average molecular weight is 343 g/mol. The fourth-order valence-corrected chi connectivity index (χ4v) is 2.69. The van der Waals surface area contributed by atoms with Gasteiger partial charge in [-0.05, 0) is 45.4 Å². The number of aryl methyl sites for hydroxylation is 3. The van der Waals surface area contributed by atoms with Crippen LogP contribution in [0.25, 0.3) is 0 Å². The number of aromatic nitrogens is 2. The third-order valence-electron chi connectivity index (χ3n) is 4.32. The molecule has 6 heteroatoms. The normalized spacial score (nSPS) is 11.8. The van der Waals surface area contributed by atoms with E-state index in [1.165, 1.54) is 0 Å². The van der Waals surface area contributed by atoms with E-state index in [-0.39, 0.29) is 12.1 Å². The zero-order valence-corrected chi connectivity index (χ0v) is 15.6. The Bertz CT molecular complexity index is 668. The summed E-state index contributed by atoms with van der Waals surface area (Å²) in [4.78, 5) is 14.1. The van der Waals surface area contributed by atoms with Crippen LogP contribution < -0.4 is 15.5 Å². The molecule has 2 N–H and O–H groups in total. The summed E-state index contributed by atoms with van der Waals surface area (Å²) in [6.07, 6.45) is 0.856. The monoisotopic (exact) mass is 343 g/mol. The molecule has 0 fully saturated rings. The van der Waals surface area contributed by atoms with Crippen molar-refractivity contribution < 1.29 is 4.79 Å². The minimum Gasteiger partial charge on any atom is -0.370 e. The quantitative estimate of drug-likeness (QED) is 0.725. The molecule has 0 radical (unpaired) electrons. The van der Waals surface area contributed by atoms with Crippen LogP contribution in [0.3, 0.4) is 0 Å². The van der Waals surface area contributed by atoms with Crippen LogP contribution in [0.15, 0.2) is 36.4 Å². The van der Waals surface area contributed by atoms with Gasteiger partial charge in [0, 0.05) is 44.1 Å². The number of nitrogens with zero attached hydrogens (tertiary/aromatic N) is 3. The van der Waals surface area contributed by atoms with Crippen molar-refractivity contribution in [3.63, 3.8) is 0 Å². The summed E-state index contributed by atoms with van der Waals surface area (Å²) < 4.78 is 1.98. The van der Waals surface area contributed by atoms with Gasteiger partial charge < -0.3 is 15.5 Å². The molecule has 0 spiro atoms. The standard InChI is InChI=1S/C19H29N5O/c1-15-13-16(2)24(22-15)12-8-11-20-19(25)21-14-17(3)23(4)18-9-6-5-7-10-18/h5-7,9-10,13,17H,8,11-12,14H2,1-4H3,(H2,20,21,25). The summed E-state index contributed by atoms with van der Waals surface area (Å²) in [6.45, 7) is 8.17. The molecule has 2 rings (SSSR count). The van der Waals surface area contributed by atoms with E-state index in [9.17, 15) is 4.79 Å². The molecule has 1 aromatic heterocycles. The van der Waals surface area contributed by atoms with Gasteiger partial charge in [0.25, 0.3) is 0 Å². The molecule has 1 heterocycles. The molecule has 1 unspecified atom stereocenters. The fourth-order valence-electron chi connectivity index (χ4n) is 2.69. The summed E-state index contributed by atoms with van der Waals surface area (Å²) in [6, 6.07) is 12.3. The molecule has 2 amide bonds. The molecule has 25 heavy (non-hydrogen) atoms. The highest BCUT2D eigenvalue weighted by Gasteiger charge is 2.11. The predicted molar refractivity (Wildman–Crippen MR) is 102 cm³/mol. The number of anilines is 1. The van der Waals surface area contributed by atoms with Crippen LogP contribution in [0.1, 0.15) is 24.7 Å². The number of likely N-dealkylation sites (N-methyl/N-ethyl adjacent to an activating group) is 1. The first-order valence-corrected chi connectivity index (χ1v) is 8.78. The molecular formula is C19H29N5O. The van der Waals surface area contributed by atoms with E-state index in [0.717, 1.165) is 30.0 Å². The van der Waals surface area contributed by atoms with Gasteiger partial charge in [-0.1, -0.05) is 18.2 Å². The number of carbonyl (C=O) groups is 1. The Labute approximate surface area is 150 Å². The molecular weight excluding hydrogens is 314 g/mol. The number of carbonyl (C=O) groups excluding carboxylic acids is 1. The fraction of sp³-hybridized carbons (Fsp3) is 0.474. The van der Waals surface area contributed by atoms with E-state index < -0.39 is 0 Å². The second-order valence-electron chi connectivity index (χ2n) is 6.44. The Morgan fingerprint density at radius 1 is 1.24 bits per heavy atom. The second kappa shape index (κ2) is 9.11. The van der Waals surface area contributed by atoms with Gasteiger partial charge in [0.05, 0.1) is 5.69 Å². The van der Waals surface area contributed by atoms with Crippen LogP contribution in [-0.2, 0) is 6.54 Å². The summed E-state index contributed by atoms with van der Waals surface area (Å²) in [5.74, 6) is 0. The third kappa shape index (κ3) is 5.81. The smallest absolute Gasteiger partial charge is 0.314 e. The highest BCUT2D eigenvalue weighted by Crippen LogP contribution is 2.13. The molecule has 0 aliphatic carbocycles. The van der Waals surface area contributed by atoms with Gasteiger partial charge in [-0.25, -0.2) is 4.79 Å². The number of rotatable bonds is 8. The minimum atomic E-state index is -0.123. The first kappa shape index (κ1) is 18.8. The first-order valence-electron chi connectivity index (χ1n) is 8.78. The van der Waals surface area contributed by atoms with Crippen molar-refractivity contribution >= 4 is 11.7 Å². The lowest BCUT2D eigenvalue weighted by Crippen LogP contribution is -2.44. The van der Waals surface area contributed by atoms with Crippen molar-refractivity contribution in [1.29, 1.82) is 0 Å². The van der Waals surface area contributed by atoms with Gasteiger partial charge in [-0.2, -0.15) is 5.10 Å². The van der Waals surface area contributed by atoms with Crippen LogP contribution in [0, 0.1) is 13.8 Å². The topological polar surface area (TPSA) is 62.2 Å². The highest BCUT2D eigenvalue weighted by molar-refractivity contribution is 5.73. The number of amides is 2. The summed E-state index contributed by atoms with van der Waals surface area (Å²) in [5, 5.41) is 10.3. The van der Waals surface area contributed by atoms with Crippen LogP contribution in [0.4, 0.5) is 10.5 Å². The maximum Gasteiger partial charge on any atom is 0.314 e. The Morgan fingerprint density at radius 3 is 2.60 bits per heavy atom. The van der Waals surface area contributed by atoms with Crippen molar-refractivity contribution in [3.05, 3.63) is 47.8 Å². The molecule has 0 saturated carbocycles. The maximum atomic E-state index is 11.9. The second-order valence-corrected chi connectivity index (χ2v) is 6.44. The van der Waals surface area contributed by atoms with E-state index in [1.54, 1.807) is 0 Å². The Balaban J connectivity index is 1.64. The summed E-state index contributed by atoms with van der Waals surface area (Å²) in [7, 11) is 2.04. The summed E-state index contributed by atoms with van der Waals surface area (Å²) in [5.41, 5.74) is 3.32. The predicted octanol–water partition coefficient (Wildman–Crippen LogP) is 2.71. The van der Waals surface area contributed by atoms with Crippen molar-refractivity contribution in [2.45, 2.75) is 39.8 Å². The first-order chi connectivity index (χ1) is 12.0. The number of hydrogen-bond donors (Lipinski definition) is 2. The molecule has 136 valence electrons. The molecule has 1 aromatic carbocycles. The SMILES string of the molecule is Cc1cc(C)n(CCCNC(=O)NCC(C)N(C)c2ccccc2)n1. The number of nitrogens with one attached hydrogen (secondary N) is 2. The van der Waals surface area contributed by atoms with Crippen LogP contribution >= 0.6 is 0 Å². The average Bonchev–Trinajstić information content (AvgIpc) is 2.94. The van der Waals surface area contributed by atoms with Gasteiger partial charge in [0.1, 0.15) is 0 Å². The molecule has 0 aliphatic rings. The van der Waals surface area contributed by atoms with E-state index in [1.807, 2.05) is 43.8 Å². The van der Waals surface area contributed by atoms with E-state index in [4.69, 9.17) is 0 Å². The van der Waals surface area contributed by atoms with Crippen molar-refractivity contribution in [3.8, 4) is 0 Å². The van der Waals surface area contributed by atoms with E-state index >= 15 is 0 Å². The van der Waals surface area contributed by atoms with Crippen molar-refractivity contribution in [2.75, 3.05) is 25.0 Å². The Morgan fingerprint density at radius 2 is 1.96 bits per heavy atom. The molecule has 1 atom stereocenters. The van der Waals surface area contributed by atoms with Crippen molar-refractivity contribution in [1.82, 2.24) is 20.4 Å². The largest absolute Gasteiger partial charge is 0.370 e. The van der Waals surface area contributed by atoms with Gasteiger partial charge in [0.2, 0.25) is 0 Å².